The summed E-state index contributed by atoms with van der Waals surface area (Å²) in [5.74, 6) is 0.592. The molecule has 5 heteroatoms. The molecule has 0 radical (unpaired) electrons. The normalized spacial score (nSPS) is 11.1. The number of rotatable bonds is 3. The van der Waals surface area contributed by atoms with Crippen LogP contribution in [0.1, 0.15) is 0 Å². The van der Waals surface area contributed by atoms with Crippen molar-refractivity contribution < 1.29 is 0 Å². The first-order valence-corrected chi connectivity index (χ1v) is 5.94. The summed E-state index contributed by atoms with van der Waals surface area (Å²) >= 11 is 5.75. The van der Waals surface area contributed by atoms with Crippen LogP contribution in [0.15, 0.2) is 42.9 Å². The zero-order valence-electron chi connectivity index (χ0n) is 9.12. The molecule has 17 heavy (non-hydrogen) atoms. The van der Waals surface area contributed by atoms with Crippen LogP contribution in [0.3, 0.4) is 0 Å². The van der Waals surface area contributed by atoms with Crippen molar-refractivity contribution in [3.8, 4) is 11.4 Å². The molecular formula is C12H11ClN4. The van der Waals surface area contributed by atoms with Crippen molar-refractivity contribution in [1.29, 1.82) is 0 Å². The third kappa shape index (κ3) is 1.80. The van der Waals surface area contributed by atoms with Crippen molar-refractivity contribution in [2.24, 2.45) is 0 Å². The molecule has 3 aromatic heterocycles. The molecule has 0 saturated carbocycles. The van der Waals surface area contributed by atoms with Gasteiger partial charge in [-0.1, -0.05) is 6.07 Å². The van der Waals surface area contributed by atoms with E-state index >= 15 is 0 Å². The number of hydrogen-bond acceptors (Lipinski definition) is 2. The highest BCUT2D eigenvalue weighted by Gasteiger charge is 2.08. The van der Waals surface area contributed by atoms with Crippen LogP contribution >= 0.6 is 11.6 Å². The van der Waals surface area contributed by atoms with Gasteiger partial charge in [0.2, 0.25) is 0 Å². The lowest BCUT2D eigenvalue weighted by Gasteiger charge is -1.97. The molecule has 86 valence electrons. The number of aryl methyl sites for hydroxylation is 1. The maximum Gasteiger partial charge on any atom is 0.136 e. The monoisotopic (exact) mass is 246 g/mol. The van der Waals surface area contributed by atoms with E-state index in [1.807, 2.05) is 41.2 Å². The van der Waals surface area contributed by atoms with E-state index in [-0.39, 0.29) is 0 Å². The number of fused-ring (bicyclic) bond motifs is 1. The molecule has 3 aromatic rings. The fourth-order valence-corrected chi connectivity index (χ4v) is 2.03. The molecule has 0 aromatic carbocycles. The second-order valence-corrected chi connectivity index (χ2v) is 4.11. The summed E-state index contributed by atoms with van der Waals surface area (Å²) in [6.07, 6.45) is 5.67. The largest absolute Gasteiger partial charge is 0.330 e. The molecule has 0 aliphatic rings. The topological polar surface area (TPSA) is 35.1 Å². The van der Waals surface area contributed by atoms with Gasteiger partial charge in [0.1, 0.15) is 11.3 Å². The Labute approximate surface area is 103 Å². The molecule has 3 rings (SSSR count). The average molecular weight is 247 g/mol. The number of pyridine rings is 1. The molecular weight excluding hydrogens is 236 g/mol. The summed E-state index contributed by atoms with van der Waals surface area (Å²) in [6, 6.07) is 7.83. The molecule has 0 bridgehead atoms. The van der Waals surface area contributed by atoms with E-state index in [2.05, 4.69) is 14.6 Å². The van der Waals surface area contributed by atoms with Crippen molar-refractivity contribution >= 4 is 17.2 Å². The van der Waals surface area contributed by atoms with Crippen LogP contribution in [0.2, 0.25) is 0 Å². The summed E-state index contributed by atoms with van der Waals surface area (Å²) in [6.45, 7) is 0.783. The van der Waals surface area contributed by atoms with Gasteiger partial charge in [0.05, 0.1) is 5.69 Å². The van der Waals surface area contributed by atoms with E-state index < -0.39 is 0 Å². The van der Waals surface area contributed by atoms with E-state index in [1.165, 1.54) is 0 Å². The van der Waals surface area contributed by atoms with Gasteiger partial charge in [-0.2, -0.15) is 5.10 Å². The molecule has 4 nitrogen and oxygen atoms in total. The van der Waals surface area contributed by atoms with Gasteiger partial charge in [0.25, 0.3) is 0 Å². The second-order valence-electron chi connectivity index (χ2n) is 3.73. The van der Waals surface area contributed by atoms with Crippen LogP contribution in [0.4, 0.5) is 0 Å². The number of nitrogens with zero attached hydrogens (tertiary/aromatic N) is 4. The van der Waals surface area contributed by atoms with Crippen LogP contribution in [-0.2, 0) is 6.54 Å². The van der Waals surface area contributed by atoms with Crippen LogP contribution in [0.25, 0.3) is 17.0 Å². The Morgan fingerprint density at radius 2 is 2.12 bits per heavy atom. The predicted octanol–water partition coefficient (Wildman–Crippen LogP) is 2.44. The minimum Gasteiger partial charge on any atom is -0.330 e. The molecule has 0 spiro atoms. The van der Waals surface area contributed by atoms with Gasteiger partial charge in [-0.15, -0.1) is 11.6 Å². The third-order valence-corrected chi connectivity index (χ3v) is 2.82. The van der Waals surface area contributed by atoms with E-state index in [0.717, 1.165) is 23.6 Å². The summed E-state index contributed by atoms with van der Waals surface area (Å²) in [4.78, 5) is 4.29. The molecule has 0 N–H and O–H groups in total. The Bertz CT molecular complexity index is 626. The van der Waals surface area contributed by atoms with Crippen molar-refractivity contribution in [1.82, 2.24) is 19.2 Å². The average Bonchev–Trinajstić information content (AvgIpc) is 2.93. The predicted molar refractivity (Wildman–Crippen MR) is 67.1 cm³/mol. The lowest BCUT2D eigenvalue weighted by Crippen LogP contribution is -1.96. The number of aromatic nitrogens is 4. The first-order valence-electron chi connectivity index (χ1n) is 5.40. The molecule has 0 amide bonds. The number of alkyl halides is 1. The highest BCUT2D eigenvalue weighted by Crippen LogP contribution is 2.17. The van der Waals surface area contributed by atoms with E-state index in [4.69, 9.17) is 11.6 Å². The Morgan fingerprint density at radius 3 is 2.88 bits per heavy atom. The molecule has 0 atom stereocenters. The SMILES string of the molecule is ClCCn1ccn2nc(-c3ccccn3)cc12. The standard InChI is InChI=1S/C12H11ClN4/c13-4-6-16-7-8-17-12(16)9-11(15-17)10-3-1-2-5-14-10/h1-3,5,7-9H,4,6H2. The smallest absolute Gasteiger partial charge is 0.136 e. The molecule has 0 aliphatic carbocycles. The highest BCUT2D eigenvalue weighted by molar-refractivity contribution is 6.17. The fourth-order valence-electron chi connectivity index (χ4n) is 1.85. The summed E-state index contributed by atoms with van der Waals surface area (Å²) < 4.78 is 3.92. The fraction of sp³-hybridized carbons (Fsp3) is 0.167. The van der Waals surface area contributed by atoms with Crippen molar-refractivity contribution in [3.63, 3.8) is 0 Å². The Kier molecular flexibility index (Phi) is 2.57. The first kappa shape index (κ1) is 10.4. The zero-order valence-corrected chi connectivity index (χ0v) is 9.88. The van der Waals surface area contributed by atoms with Crippen molar-refractivity contribution in [3.05, 3.63) is 42.9 Å². The minimum absolute atomic E-state index is 0.592. The molecule has 0 aliphatic heterocycles. The van der Waals surface area contributed by atoms with E-state index in [0.29, 0.717) is 5.88 Å². The summed E-state index contributed by atoms with van der Waals surface area (Å²) in [5.41, 5.74) is 2.80. The van der Waals surface area contributed by atoms with Crippen LogP contribution in [-0.4, -0.2) is 25.0 Å². The van der Waals surface area contributed by atoms with Crippen molar-refractivity contribution in [2.45, 2.75) is 6.54 Å². The van der Waals surface area contributed by atoms with Crippen LogP contribution in [0.5, 0.6) is 0 Å². The number of hydrogen-bond donors (Lipinski definition) is 0. The van der Waals surface area contributed by atoms with Gasteiger partial charge in [-0.05, 0) is 12.1 Å². The second kappa shape index (κ2) is 4.22. The van der Waals surface area contributed by atoms with Gasteiger partial charge < -0.3 is 4.57 Å². The highest BCUT2D eigenvalue weighted by atomic mass is 35.5. The zero-order chi connectivity index (χ0) is 11.7. The molecule has 0 saturated heterocycles. The molecule has 0 fully saturated rings. The molecule has 0 unspecified atom stereocenters. The number of halogens is 1. The van der Waals surface area contributed by atoms with Crippen molar-refractivity contribution in [2.75, 3.05) is 5.88 Å². The van der Waals surface area contributed by atoms with E-state index in [9.17, 15) is 0 Å². The van der Waals surface area contributed by atoms with Gasteiger partial charge in [-0.25, -0.2) is 4.52 Å². The summed E-state index contributed by atoms with van der Waals surface area (Å²) in [7, 11) is 0. The lowest BCUT2D eigenvalue weighted by molar-refractivity contribution is 0.794. The Balaban J connectivity index is 2.08. The first-order chi connectivity index (χ1) is 8.38. The van der Waals surface area contributed by atoms with Gasteiger partial charge in [-0.3, -0.25) is 4.98 Å². The van der Waals surface area contributed by atoms with Gasteiger partial charge >= 0.3 is 0 Å². The quantitative estimate of drug-likeness (QED) is 0.666. The van der Waals surface area contributed by atoms with Gasteiger partial charge in [0.15, 0.2) is 0 Å². The Morgan fingerprint density at radius 1 is 1.18 bits per heavy atom. The third-order valence-electron chi connectivity index (χ3n) is 2.65. The number of imidazole rings is 1. The lowest BCUT2D eigenvalue weighted by atomic mass is 10.3. The van der Waals surface area contributed by atoms with E-state index in [1.54, 1.807) is 6.20 Å². The Hall–Kier alpha value is -1.81. The minimum atomic E-state index is 0.592. The van der Waals surface area contributed by atoms with Crippen LogP contribution in [0, 0.1) is 0 Å². The van der Waals surface area contributed by atoms with Crippen LogP contribution < -0.4 is 0 Å². The molecule has 3 heterocycles. The van der Waals surface area contributed by atoms with Gasteiger partial charge in [0, 0.05) is 37.1 Å². The maximum absolute atomic E-state index is 5.75. The summed E-state index contributed by atoms with van der Waals surface area (Å²) in [5, 5.41) is 4.48. The maximum atomic E-state index is 5.75.